The van der Waals surface area contributed by atoms with Gasteiger partial charge in [-0.3, -0.25) is 9.59 Å². The van der Waals surface area contributed by atoms with Crippen LogP contribution in [0.15, 0.2) is 65.6 Å². The standard InChI is InChI=1S/C29H29N5O5S2/c1-19(35)33-13-12-29(17-33)18-34(27(36)15-26-31-23-9-11-25(39-2)32-28(23)40-26)24-10-8-21(14-22(24)29)41(37,38)30-16-20-6-4-3-5-7-20/h3-11,14,30H,12-13,15-18H2,1-2H3. The molecule has 1 spiro atoms. The monoisotopic (exact) mass is 591 g/mol. The number of thiazole rings is 1. The van der Waals surface area contributed by atoms with Gasteiger partial charge in [0.15, 0.2) is 0 Å². The van der Waals surface area contributed by atoms with E-state index < -0.39 is 15.4 Å². The number of likely N-dealkylation sites (tertiary alicyclic amines) is 1. The predicted octanol–water partition coefficient (Wildman–Crippen LogP) is 3.26. The molecule has 0 radical (unpaired) electrons. The summed E-state index contributed by atoms with van der Waals surface area (Å²) in [5, 5.41) is 0.634. The SMILES string of the molecule is COc1ccc2nc(CC(=O)N3CC4(CCN(C(C)=O)C4)c4cc(S(=O)(=O)NCc5ccccc5)ccc43)sc2n1. The van der Waals surface area contributed by atoms with Crippen LogP contribution < -0.4 is 14.4 Å². The zero-order chi connectivity index (χ0) is 28.8. The summed E-state index contributed by atoms with van der Waals surface area (Å²) >= 11 is 1.34. The van der Waals surface area contributed by atoms with Crippen LogP contribution in [-0.4, -0.2) is 61.8 Å². The Bertz CT molecular complexity index is 1760. The molecule has 1 atom stereocenters. The molecular formula is C29H29N5O5S2. The van der Waals surface area contributed by atoms with Crippen LogP contribution in [0.25, 0.3) is 10.3 Å². The van der Waals surface area contributed by atoms with E-state index in [1.54, 1.807) is 35.1 Å². The Kier molecular flexibility index (Phi) is 7.00. The Morgan fingerprint density at radius 3 is 2.61 bits per heavy atom. The van der Waals surface area contributed by atoms with Gasteiger partial charge in [-0.25, -0.2) is 23.1 Å². The average molecular weight is 592 g/mol. The normalized spacial score (nSPS) is 18.3. The van der Waals surface area contributed by atoms with Crippen LogP contribution in [-0.2, 0) is 38.0 Å². The summed E-state index contributed by atoms with van der Waals surface area (Å²) in [6, 6.07) is 17.8. The lowest BCUT2D eigenvalue weighted by Gasteiger charge is -2.25. The first-order valence-corrected chi connectivity index (χ1v) is 15.5. The van der Waals surface area contributed by atoms with Gasteiger partial charge in [0.25, 0.3) is 0 Å². The van der Waals surface area contributed by atoms with E-state index in [-0.39, 0.29) is 29.7 Å². The van der Waals surface area contributed by atoms with Gasteiger partial charge in [-0.05, 0) is 41.8 Å². The minimum Gasteiger partial charge on any atom is -0.481 e. The number of amides is 2. The molecule has 10 nitrogen and oxygen atoms in total. The second kappa shape index (κ2) is 10.5. The molecule has 0 bridgehead atoms. The molecule has 12 heteroatoms. The molecule has 0 saturated carbocycles. The van der Waals surface area contributed by atoms with Gasteiger partial charge in [0.1, 0.15) is 15.4 Å². The van der Waals surface area contributed by atoms with Gasteiger partial charge in [-0.1, -0.05) is 41.7 Å². The molecule has 4 aromatic rings. The van der Waals surface area contributed by atoms with Crippen molar-refractivity contribution in [3.05, 3.63) is 76.8 Å². The van der Waals surface area contributed by atoms with Crippen molar-refractivity contribution in [2.45, 2.75) is 36.6 Å². The maximum atomic E-state index is 13.7. The molecule has 6 rings (SSSR count). The first-order chi connectivity index (χ1) is 19.7. The molecule has 2 aromatic carbocycles. The highest BCUT2D eigenvalue weighted by molar-refractivity contribution is 7.89. The lowest BCUT2D eigenvalue weighted by atomic mass is 9.81. The summed E-state index contributed by atoms with van der Waals surface area (Å²) in [6.07, 6.45) is 0.711. The number of rotatable bonds is 7. The summed E-state index contributed by atoms with van der Waals surface area (Å²) < 4.78 is 34.5. The van der Waals surface area contributed by atoms with Crippen molar-refractivity contribution in [3.63, 3.8) is 0 Å². The number of pyridine rings is 1. The molecule has 2 aromatic heterocycles. The van der Waals surface area contributed by atoms with Crippen molar-refractivity contribution < 1.29 is 22.7 Å². The van der Waals surface area contributed by atoms with Gasteiger partial charge < -0.3 is 14.5 Å². The van der Waals surface area contributed by atoms with E-state index in [4.69, 9.17) is 4.74 Å². The number of anilines is 1. The number of fused-ring (bicyclic) bond motifs is 3. The van der Waals surface area contributed by atoms with Gasteiger partial charge in [-0.2, -0.15) is 0 Å². The minimum atomic E-state index is -3.82. The van der Waals surface area contributed by atoms with Crippen LogP contribution >= 0.6 is 11.3 Å². The molecule has 41 heavy (non-hydrogen) atoms. The molecule has 212 valence electrons. The zero-order valence-corrected chi connectivity index (χ0v) is 24.3. The molecule has 2 aliphatic rings. The molecule has 1 N–H and O–H groups in total. The largest absolute Gasteiger partial charge is 0.481 e. The fourth-order valence-electron chi connectivity index (χ4n) is 5.64. The molecule has 2 amide bonds. The third kappa shape index (κ3) is 5.18. The average Bonchev–Trinajstić information content (AvgIpc) is 3.67. The summed E-state index contributed by atoms with van der Waals surface area (Å²) in [4.78, 5) is 39.3. The van der Waals surface area contributed by atoms with Crippen molar-refractivity contribution in [1.82, 2.24) is 19.6 Å². The number of nitrogens with zero attached hydrogens (tertiary/aromatic N) is 4. The fourth-order valence-corrected chi connectivity index (χ4v) is 7.61. The number of hydrogen-bond donors (Lipinski definition) is 1. The van der Waals surface area contributed by atoms with E-state index in [2.05, 4.69) is 14.7 Å². The van der Waals surface area contributed by atoms with Crippen LogP contribution in [0.3, 0.4) is 0 Å². The van der Waals surface area contributed by atoms with Gasteiger partial charge in [-0.15, -0.1) is 0 Å². The number of methoxy groups -OCH3 is 1. The summed E-state index contributed by atoms with van der Waals surface area (Å²) in [7, 11) is -2.27. The van der Waals surface area contributed by atoms with Crippen LogP contribution in [0, 0.1) is 0 Å². The third-order valence-electron chi connectivity index (χ3n) is 7.80. The zero-order valence-electron chi connectivity index (χ0n) is 22.7. The lowest BCUT2D eigenvalue weighted by molar-refractivity contribution is -0.127. The van der Waals surface area contributed by atoms with E-state index in [0.29, 0.717) is 53.0 Å². The number of carbonyl (C=O) groups excluding carboxylic acids is 2. The number of carbonyl (C=O) groups is 2. The molecule has 1 fully saturated rings. The van der Waals surface area contributed by atoms with E-state index in [1.165, 1.54) is 24.3 Å². The topological polar surface area (TPSA) is 122 Å². The van der Waals surface area contributed by atoms with Crippen molar-refractivity contribution in [3.8, 4) is 5.88 Å². The maximum Gasteiger partial charge on any atom is 0.240 e. The Hall–Kier alpha value is -3.87. The predicted molar refractivity (Wildman–Crippen MR) is 155 cm³/mol. The van der Waals surface area contributed by atoms with Crippen molar-refractivity contribution in [2.24, 2.45) is 0 Å². The Morgan fingerprint density at radius 2 is 1.88 bits per heavy atom. The number of sulfonamides is 1. The van der Waals surface area contributed by atoms with E-state index in [9.17, 15) is 18.0 Å². The van der Waals surface area contributed by atoms with Crippen molar-refractivity contribution in [2.75, 3.05) is 31.6 Å². The summed E-state index contributed by atoms with van der Waals surface area (Å²) in [5.74, 6) is 0.293. The maximum absolute atomic E-state index is 13.7. The molecule has 4 heterocycles. The first kappa shape index (κ1) is 27.3. The first-order valence-electron chi connectivity index (χ1n) is 13.2. The van der Waals surface area contributed by atoms with Crippen molar-refractivity contribution in [1.29, 1.82) is 0 Å². The highest BCUT2D eigenvalue weighted by atomic mass is 32.2. The second-order valence-corrected chi connectivity index (χ2v) is 13.2. The van der Waals surface area contributed by atoms with Gasteiger partial charge in [0.05, 0.1) is 18.4 Å². The minimum absolute atomic E-state index is 0.0427. The number of nitrogens with one attached hydrogen (secondary N) is 1. The van der Waals surface area contributed by atoms with E-state index in [0.717, 1.165) is 11.1 Å². The summed E-state index contributed by atoms with van der Waals surface area (Å²) in [6.45, 7) is 3.03. The fraction of sp³-hybridized carbons (Fsp3) is 0.310. The molecular weight excluding hydrogens is 562 g/mol. The molecule has 1 unspecified atom stereocenters. The van der Waals surface area contributed by atoms with Crippen molar-refractivity contribution >= 4 is 49.2 Å². The van der Waals surface area contributed by atoms with Gasteiger partial charge in [0.2, 0.25) is 27.7 Å². The highest BCUT2D eigenvalue weighted by Gasteiger charge is 2.49. The smallest absolute Gasteiger partial charge is 0.240 e. The van der Waals surface area contributed by atoms with Crippen LogP contribution in [0.1, 0.15) is 29.5 Å². The molecule has 2 aliphatic heterocycles. The Labute approximate surface area is 242 Å². The van der Waals surface area contributed by atoms with Crippen LogP contribution in [0.5, 0.6) is 5.88 Å². The third-order valence-corrected chi connectivity index (χ3v) is 10.2. The number of aromatic nitrogens is 2. The van der Waals surface area contributed by atoms with E-state index >= 15 is 0 Å². The van der Waals surface area contributed by atoms with Gasteiger partial charge in [0, 0.05) is 50.3 Å². The Balaban J connectivity index is 1.30. The molecule has 1 saturated heterocycles. The van der Waals surface area contributed by atoms with E-state index in [1.807, 2.05) is 36.4 Å². The van der Waals surface area contributed by atoms with Gasteiger partial charge >= 0.3 is 0 Å². The van der Waals surface area contributed by atoms with Crippen LogP contribution in [0.2, 0.25) is 0 Å². The number of hydrogen-bond acceptors (Lipinski definition) is 8. The number of ether oxygens (including phenoxy) is 1. The quantitative estimate of drug-likeness (QED) is 0.350. The second-order valence-electron chi connectivity index (χ2n) is 10.4. The lowest BCUT2D eigenvalue weighted by Crippen LogP contribution is -2.40. The Morgan fingerprint density at radius 1 is 1.07 bits per heavy atom. The molecule has 0 aliphatic carbocycles. The number of benzene rings is 2. The van der Waals surface area contributed by atoms with Crippen LogP contribution in [0.4, 0.5) is 5.69 Å². The summed E-state index contributed by atoms with van der Waals surface area (Å²) in [5.41, 5.74) is 2.44. The highest BCUT2D eigenvalue weighted by Crippen LogP contribution is 2.47.